The van der Waals surface area contributed by atoms with Gasteiger partial charge in [0.2, 0.25) is 5.91 Å². The Morgan fingerprint density at radius 1 is 1.19 bits per heavy atom. The number of amides is 1. The number of fused-ring (bicyclic) bond motifs is 1. The van der Waals surface area contributed by atoms with Crippen molar-refractivity contribution in [3.8, 4) is 0 Å². The number of nitrogens with zero attached hydrogens (tertiary/aromatic N) is 4. The second kappa shape index (κ2) is 6.49. The number of pyridine rings is 1. The highest BCUT2D eigenvalue weighted by atomic mass is 35.5. The van der Waals surface area contributed by atoms with Gasteiger partial charge in [-0.2, -0.15) is 0 Å². The van der Waals surface area contributed by atoms with E-state index < -0.39 is 23.2 Å². The van der Waals surface area contributed by atoms with Crippen LogP contribution in [0.1, 0.15) is 19.5 Å². The highest BCUT2D eigenvalue weighted by Gasteiger charge is 2.66. The summed E-state index contributed by atoms with van der Waals surface area (Å²) < 4.78 is 1.92. The van der Waals surface area contributed by atoms with Gasteiger partial charge in [-0.15, -0.1) is 0 Å². The quantitative estimate of drug-likeness (QED) is 0.863. The number of carboxylic acids is 1. The Bertz CT molecular complexity index is 901. The first kappa shape index (κ1) is 18.3. The van der Waals surface area contributed by atoms with E-state index in [-0.39, 0.29) is 5.91 Å². The lowest BCUT2D eigenvalue weighted by molar-refractivity contribution is -0.142. The summed E-state index contributed by atoms with van der Waals surface area (Å²) in [5.41, 5.74) is 1.38. The molecule has 0 radical (unpaired) electrons. The largest absolute Gasteiger partial charge is 0.481 e. The second-order valence-corrected chi connectivity index (χ2v) is 8.50. The van der Waals surface area contributed by atoms with Gasteiger partial charge < -0.3 is 14.4 Å². The van der Waals surface area contributed by atoms with Crippen LogP contribution >= 0.6 is 11.6 Å². The summed E-state index contributed by atoms with van der Waals surface area (Å²) in [5, 5.41) is 9.96. The van der Waals surface area contributed by atoms with Crippen LogP contribution in [0.25, 0.3) is 5.65 Å². The zero-order chi connectivity index (χ0) is 19.3. The molecule has 2 aromatic rings. The van der Waals surface area contributed by atoms with Crippen LogP contribution in [0, 0.1) is 17.3 Å². The van der Waals surface area contributed by atoms with Crippen molar-refractivity contribution in [2.75, 3.05) is 26.2 Å². The number of hydrogen-bond acceptors (Lipinski definition) is 4. The van der Waals surface area contributed by atoms with Gasteiger partial charge >= 0.3 is 5.97 Å². The summed E-state index contributed by atoms with van der Waals surface area (Å²) >= 11 is 6.01. The Morgan fingerprint density at radius 2 is 1.89 bits per heavy atom. The third-order valence-corrected chi connectivity index (χ3v) is 6.12. The molecule has 1 saturated carbocycles. The molecule has 0 aromatic carbocycles. The number of rotatable bonds is 4. The lowest BCUT2D eigenvalue weighted by Gasteiger charge is -2.34. The fourth-order valence-corrected chi connectivity index (χ4v) is 4.37. The molecule has 3 heterocycles. The van der Waals surface area contributed by atoms with Gasteiger partial charge in [0.25, 0.3) is 0 Å². The Labute approximate surface area is 162 Å². The topological polar surface area (TPSA) is 78.2 Å². The molecule has 2 aromatic heterocycles. The van der Waals surface area contributed by atoms with Crippen LogP contribution in [0.2, 0.25) is 5.02 Å². The zero-order valence-corrected chi connectivity index (χ0v) is 16.2. The average molecular weight is 391 g/mol. The normalized spacial score (nSPS) is 24.9. The number of aliphatic carboxylic acids is 1. The van der Waals surface area contributed by atoms with Crippen LogP contribution in [0.15, 0.2) is 24.5 Å². The molecule has 0 bridgehead atoms. The smallest absolute Gasteiger partial charge is 0.307 e. The molecule has 0 unspecified atom stereocenters. The average Bonchev–Trinajstić information content (AvgIpc) is 2.98. The van der Waals surface area contributed by atoms with Crippen LogP contribution < -0.4 is 0 Å². The van der Waals surface area contributed by atoms with Crippen molar-refractivity contribution in [2.45, 2.75) is 20.4 Å². The predicted molar refractivity (Wildman–Crippen MR) is 100 cm³/mol. The van der Waals surface area contributed by atoms with Gasteiger partial charge in [-0.05, 0) is 17.5 Å². The molecule has 1 aliphatic heterocycles. The molecule has 1 saturated heterocycles. The molecule has 8 heteroatoms. The standard InChI is InChI=1S/C19H23ClN4O3/c1-19(2)15(16(19)18(26)27)17(25)23-7-5-22(6-8-23)10-13-11-24-9-12(20)3-4-14(24)21-13/h3-4,9,11,15-16H,5-8,10H2,1-2H3,(H,26,27)/t15-,16+/m1/s1. The van der Waals surface area contributed by atoms with Crippen LogP contribution in [0.5, 0.6) is 0 Å². The third-order valence-electron chi connectivity index (χ3n) is 5.89. The van der Waals surface area contributed by atoms with Gasteiger partial charge in [0.05, 0.1) is 22.6 Å². The molecule has 1 N–H and O–H groups in total. The van der Waals surface area contributed by atoms with Crippen LogP contribution in [-0.2, 0) is 16.1 Å². The van der Waals surface area contributed by atoms with Gasteiger partial charge in [0.1, 0.15) is 5.65 Å². The molecule has 7 nitrogen and oxygen atoms in total. The van der Waals surface area contributed by atoms with E-state index in [1.165, 1.54) is 0 Å². The first-order valence-corrected chi connectivity index (χ1v) is 9.52. The minimum atomic E-state index is -0.871. The molecule has 27 heavy (non-hydrogen) atoms. The summed E-state index contributed by atoms with van der Waals surface area (Å²) in [5.74, 6) is -1.85. The maximum Gasteiger partial charge on any atom is 0.307 e. The van der Waals surface area contributed by atoms with Crippen molar-refractivity contribution in [3.63, 3.8) is 0 Å². The first-order chi connectivity index (χ1) is 12.8. The number of imidazole rings is 1. The van der Waals surface area contributed by atoms with Gasteiger partial charge in [-0.1, -0.05) is 25.4 Å². The summed E-state index contributed by atoms with van der Waals surface area (Å²) in [6.07, 6.45) is 3.81. The van der Waals surface area contributed by atoms with Crippen LogP contribution in [0.4, 0.5) is 0 Å². The monoisotopic (exact) mass is 390 g/mol. The molecule has 2 aliphatic rings. The van der Waals surface area contributed by atoms with Crippen LogP contribution in [0.3, 0.4) is 0 Å². The maximum atomic E-state index is 12.7. The molecule has 1 amide bonds. The molecule has 2 atom stereocenters. The number of piperazine rings is 1. The Kier molecular flexibility index (Phi) is 4.39. The van der Waals surface area contributed by atoms with Crippen molar-refractivity contribution < 1.29 is 14.7 Å². The maximum absolute atomic E-state index is 12.7. The predicted octanol–water partition coefficient (Wildman–Crippen LogP) is 1.99. The fraction of sp³-hybridized carbons (Fsp3) is 0.526. The van der Waals surface area contributed by atoms with Crippen molar-refractivity contribution >= 4 is 29.1 Å². The van der Waals surface area contributed by atoms with Gasteiger partial charge in [-0.25, -0.2) is 4.98 Å². The van der Waals surface area contributed by atoms with E-state index in [4.69, 9.17) is 11.6 Å². The number of carbonyl (C=O) groups is 2. The van der Waals surface area contributed by atoms with E-state index in [1.807, 2.05) is 47.7 Å². The van der Waals surface area contributed by atoms with Gasteiger partial charge in [-0.3, -0.25) is 14.5 Å². The number of hydrogen-bond donors (Lipinski definition) is 1. The third kappa shape index (κ3) is 3.30. The van der Waals surface area contributed by atoms with E-state index in [0.717, 1.165) is 24.4 Å². The summed E-state index contributed by atoms with van der Waals surface area (Å²) in [6.45, 7) is 7.19. The lowest BCUT2D eigenvalue weighted by Crippen LogP contribution is -2.49. The fourth-order valence-electron chi connectivity index (χ4n) is 4.21. The minimum absolute atomic E-state index is 0.0191. The van der Waals surface area contributed by atoms with Crippen molar-refractivity contribution in [1.29, 1.82) is 0 Å². The molecular weight excluding hydrogens is 368 g/mol. The molecule has 0 spiro atoms. The van der Waals surface area contributed by atoms with Crippen LogP contribution in [-0.4, -0.2) is 62.3 Å². The second-order valence-electron chi connectivity index (χ2n) is 8.06. The molecule has 144 valence electrons. The molecule has 2 fully saturated rings. The van der Waals surface area contributed by atoms with E-state index in [9.17, 15) is 14.7 Å². The lowest BCUT2D eigenvalue weighted by atomic mass is 10.1. The summed E-state index contributed by atoms with van der Waals surface area (Å²) in [4.78, 5) is 32.7. The van der Waals surface area contributed by atoms with Gasteiger partial charge in [0, 0.05) is 45.1 Å². The van der Waals surface area contributed by atoms with E-state index in [1.54, 1.807) is 0 Å². The number of carbonyl (C=O) groups excluding carboxylic acids is 1. The Hall–Kier alpha value is -2.12. The molecular formula is C19H23ClN4O3. The first-order valence-electron chi connectivity index (χ1n) is 9.14. The molecule has 1 aliphatic carbocycles. The highest BCUT2D eigenvalue weighted by molar-refractivity contribution is 6.30. The van der Waals surface area contributed by atoms with Crippen molar-refractivity contribution in [1.82, 2.24) is 19.2 Å². The Balaban J connectivity index is 1.35. The van der Waals surface area contributed by atoms with Gasteiger partial charge in [0.15, 0.2) is 0 Å². The van der Waals surface area contributed by atoms with E-state index in [2.05, 4.69) is 9.88 Å². The van der Waals surface area contributed by atoms with E-state index >= 15 is 0 Å². The summed E-state index contributed by atoms with van der Waals surface area (Å²) in [7, 11) is 0. The number of carboxylic acid groups (broad SMARTS) is 1. The van der Waals surface area contributed by atoms with Crippen molar-refractivity contribution in [2.24, 2.45) is 17.3 Å². The summed E-state index contributed by atoms with van der Waals surface area (Å²) in [6, 6.07) is 3.71. The van der Waals surface area contributed by atoms with Crippen molar-refractivity contribution in [3.05, 3.63) is 35.2 Å². The highest BCUT2D eigenvalue weighted by Crippen LogP contribution is 2.59. The SMILES string of the molecule is CC1(C)[C@H](C(=O)O)[C@@H]1C(=O)N1CCN(Cc2cn3cc(Cl)ccc3n2)CC1. The number of aromatic nitrogens is 2. The number of halogens is 1. The minimum Gasteiger partial charge on any atom is -0.481 e. The zero-order valence-electron chi connectivity index (χ0n) is 15.4. The Morgan fingerprint density at radius 3 is 2.52 bits per heavy atom. The molecule has 4 rings (SSSR count). The van der Waals surface area contributed by atoms with E-state index in [0.29, 0.717) is 24.7 Å².